The van der Waals surface area contributed by atoms with E-state index in [1.807, 2.05) is 37.3 Å². The first kappa shape index (κ1) is 22.3. The first-order chi connectivity index (χ1) is 13.9. The van der Waals surface area contributed by atoms with Crippen molar-refractivity contribution in [2.24, 2.45) is 0 Å². The van der Waals surface area contributed by atoms with Gasteiger partial charge in [-0.1, -0.05) is 80.1 Å². The standard InChI is InChI=1S/C23H24O5S/c1-2-3-16-28-23(24)21(15-14-19-10-6-4-7-11-19)18-22(29(25,26)27)17-20-12-8-5-9-13-20/h4-15,17-18H,2-3,16H2,1H3,(H,25,26,27). The molecule has 0 atom stereocenters. The zero-order chi connectivity index (χ0) is 21.1. The fraction of sp³-hybridized carbons (Fsp3) is 0.174. The Labute approximate surface area is 171 Å². The molecule has 152 valence electrons. The quantitative estimate of drug-likeness (QED) is 0.208. The van der Waals surface area contributed by atoms with Crippen molar-refractivity contribution in [3.05, 3.63) is 94.4 Å². The summed E-state index contributed by atoms with van der Waals surface area (Å²) in [5.41, 5.74) is 1.42. The van der Waals surface area contributed by atoms with Gasteiger partial charge in [0, 0.05) is 0 Å². The number of carbonyl (C=O) groups excluding carboxylic acids is 1. The first-order valence-corrected chi connectivity index (χ1v) is 10.7. The summed E-state index contributed by atoms with van der Waals surface area (Å²) in [5.74, 6) is -0.659. The Balaban J connectivity index is 2.45. The van der Waals surface area contributed by atoms with Crippen LogP contribution in [0.4, 0.5) is 0 Å². The van der Waals surface area contributed by atoms with E-state index in [1.54, 1.807) is 36.4 Å². The number of allylic oxidation sites excluding steroid dienone is 1. The molecule has 0 amide bonds. The van der Waals surface area contributed by atoms with Crippen LogP contribution in [-0.2, 0) is 19.6 Å². The van der Waals surface area contributed by atoms with Crippen molar-refractivity contribution < 1.29 is 22.5 Å². The van der Waals surface area contributed by atoms with E-state index in [-0.39, 0.29) is 12.2 Å². The van der Waals surface area contributed by atoms with Crippen LogP contribution in [0, 0.1) is 0 Å². The second-order valence-electron chi connectivity index (χ2n) is 6.27. The van der Waals surface area contributed by atoms with E-state index in [1.165, 1.54) is 12.2 Å². The molecule has 0 aliphatic carbocycles. The molecule has 0 saturated carbocycles. The highest BCUT2D eigenvalue weighted by atomic mass is 32.2. The number of hydrogen-bond donors (Lipinski definition) is 1. The fourth-order valence-electron chi connectivity index (χ4n) is 2.38. The van der Waals surface area contributed by atoms with Crippen LogP contribution in [0.3, 0.4) is 0 Å². The van der Waals surface area contributed by atoms with Gasteiger partial charge in [-0.15, -0.1) is 0 Å². The third-order valence-corrected chi connectivity index (χ3v) is 4.76. The highest BCUT2D eigenvalue weighted by molar-refractivity contribution is 7.90. The molecule has 0 aliphatic heterocycles. The molecule has 0 aromatic heterocycles. The summed E-state index contributed by atoms with van der Waals surface area (Å²) in [7, 11) is -4.56. The van der Waals surface area contributed by atoms with Crippen LogP contribution in [-0.4, -0.2) is 25.5 Å². The van der Waals surface area contributed by atoms with Crippen molar-refractivity contribution in [1.82, 2.24) is 0 Å². The normalized spacial score (nSPS) is 12.9. The second kappa shape index (κ2) is 11.1. The highest BCUT2D eigenvalue weighted by Gasteiger charge is 2.16. The molecule has 0 fully saturated rings. The number of unbranched alkanes of at least 4 members (excludes halogenated alkanes) is 1. The number of benzene rings is 2. The van der Waals surface area contributed by atoms with Crippen LogP contribution in [0.2, 0.25) is 0 Å². The van der Waals surface area contributed by atoms with Crippen molar-refractivity contribution in [3.8, 4) is 0 Å². The summed E-state index contributed by atoms with van der Waals surface area (Å²) < 4.78 is 38.7. The van der Waals surface area contributed by atoms with Crippen LogP contribution < -0.4 is 0 Å². The maximum atomic E-state index is 12.5. The molecule has 0 aliphatic rings. The number of carbonyl (C=O) groups is 1. The summed E-state index contributed by atoms with van der Waals surface area (Å²) in [6, 6.07) is 17.9. The average Bonchev–Trinajstić information content (AvgIpc) is 2.71. The van der Waals surface area contributed by atoms with Gasteiger partial charge < -0.3 is 4.74 Å². The molecular weight excluding hydrogens is 388 g/mol. The van der Waals surface area contributed by atoms with Crippen molar-refractivity contribution in [1.29, 1.82) is 0 Å². The van der Waals surface area contributed by atoms with E-state index in [2.05, 4.69) is 0 Å². The minimum atomic E-state index is -4.56. The largest absolute Gasteiger partial charge is 0.462 e. The molecule has 1 N–H and O–H groups in total. The third-order valence-electron chi connectivity index (χ3n) is 3.93. The molecule has 6 heteroatoms. The monoisotopic (exact) mass is 412 g/mol. The number of esters is 1. The molecule has 2 rings (SSSR count). The zero-order valence-corrected chi connectivity index (χ0v) is 17.0. The highest BCUT2D eigenvalue weighted by Crippen LogP contribution is 2.17. The second-order valence-corrected chi connectivity index (χ2v) is 7.69. The van der Waals surface area contributed by atoms with Gasteiger partial charge >= 0.3 is 5.97 Å². The molecule has 29 heavy (non-hydrogen) atoms. The van der Waals surface area contributed by atoms with Gasteiger partial charge in [0.15, 0.2) is 0 Å². The van der Waals surface area contributed by atoms with Gasteiger partial charge in [0.05, 0.1) is 17.1 Å². The van der Waals surface area contributed by atoms with Crippen molar-refractivity contribution >= 4 is 28.2 Å². The summed E-state index contributed by atoms with van der Waals surface area (Å²) in [4.78, 5) is 12.1. The summed E-state index contributed by atoms with van der Waals surface area (Å²) >= 11 is 0. The molecule has 2 aromatic carbocycles. The van der Waals surface area contributed by atoms with E-state index in [9.17, 15) is 17.8 Å². The fourth-order valence-corrected chi connectivity index (χ4v) is 2.94. The van der Waals surface area contributed by atoms with Gasteiger partial charge in [0.1, 0.15) is 0 Å². The summed E-state index contributed by atoms with van der Waals surface area (Å²) in [6.07, 6.45) is 7.13. The lowest BCUT2D eigenvalue weighted by molar-refractivity contribution is -0.138. The van der Waals surface area contributed by atoms with Gasteiger partial charge in [-0.2, -0.15) is 8.42 Å². The van der Waals surface area contributed by atoms with E-state index >= 15 is 0 Å². The molecule has 0 saturated heterocycles. The lowest BCUT2D eigenvalue weighted by atomic mass is 10.1. The van der Waals surface area contributed by atoms with Crippen molar-refractivity contribution in [3.63, 3.8) is 0 Å². The molecule has 5 nitrogen and oxygen atoms in total. The van der Waals surface area contributed by atoms with Crippen molar-refractivity contribution in [2.75, 3.05) is 6.61 Å². The third kappa shape index (κ3) is 7.89. The molecular formula is C23H24O5S. The van der Waals surface area contributed by atoms with Gasteiger partial charge in [0.2, 0.25) is 0 Å². The zero-order valence-electron chi connectivity index (χ0n) is 16.2. The van der Waals surface area contributed by atoms with Crippen molar-refractivity contribution in [2.45, 2.75) is 19.8 Å². The van der Waals surface area contributed by atoms with Crippen LogP contribution >= 0.6 is 0 Å². The van der Waals surface area contributed by atoms with E-state index in [0.29, 0.717) is 12.0 Å². The van der Waals surface area contributed by atoms with Gasteiger partial charge in [-0.3, -0.25) is 4.55 Å². The topological polar surface area (TPSA) is 80.7 Å². The number of hydrogen-bond acceptors (Lipinski definition) is 4. The smallest absolute Gasteiger partial charge is 0.338 e. The molecule has 0 radical (unpaired) electrons. The number of ether oxygens (including phenoxy) is 1. The Morgan fingerprint density at radius 1 is 1.00 bits per heavy atom. The molecule has 2 aromatic rings. The SMILES string of the molecule is CCCCOC(=O)C(C=Cc1ccccc1)=CC(=Cc1ccccc1)S(=O)(=O)O. The van der Waals surface area contributed by atoms with Crippen LogP contribution in [0.25, 0.3) is 12.2 Å². The molecule has 0 heterocycles. The molecule has 0 bridgehead atoms. The minimum Gasteiger partial charge on any atom is -0.462 e. The predicted molar refractivity (Wildman–Crippen MR) is 115 cm³/mol. The average molecular weight is 413 g/mol. The van der Waals surface area contributed by atoms with Crippen LogP contribution in [0.5, 0.6) is 0 Å². The Hall–Kier alpha value is -2.96. The maximum Gasteiger partial charge on any atom is 0.338 e. The van der Waals surface area contributed by atoms with E-state index in [0.717, 1.165) is 18.1 Å². The predicted octanol–water partition coefficient (Wildman–Crippen LogP) is 4.90. The Kier molecular flexibility index (Phi) is 8.58. The summed E-state index contributed by atoms with van der Waals surface area (Å²) in [6.45, 7) is 2.20. The Bertz CT molecular complexity index is 988. The van der Waals surface area contributed by atoms with Gasteiger partial charge in [-0.25, -0.2) is 4.79 Å². The lowest BCUT2D eigenvalue weighted by Crippen LogP contribution is -2.09. The van der Waals surface area contributed by atoms with Crippen LogP contribution in [0.1, 0.15) is 30.9 Å². The number of rotatable bonds is 9. The molecule has 0 unspecified atom stereocenters. The minimum absolute atomic E-state index is 0.0183. The maximum absolute atomic E-state index is 12.5. The first-order valence-electron chi connectivity index (χ1n) is 9.26. The lowest BCUT2D eigenvalue weighted by Gasteiger charge is -2.06. The molecule has 0 spiro atoms. The van der Waals surface area contributed by atoms with E-state index in [4.69, 9.17) is 4.74 Å². The summed E-state index contributed by atoms with van der Waals surface area (Å²) in [5, 5.41) is 0. The Morgan fingerprint density at radius 2 is 1.59 bits per heavy atom. The van der Waals surface area contributed by atoms with Crippen LogP contribution in [0.15, 0.2) is 83.3 Å². The van der Waals surface area contributed by atoms with Gasteiger partial charge in [0.25, 0.3) is 10.1 Å². The van der Waals surface area contributed by atoms with E-state index < -0.39 is 21.0 Å². The van der Waals surface area contributed by atoms with Gasteiger partial charge in [-0.05, 0) is 35.8 Å². The Morgan fingerprint density at radius 3 is 2.14 bits per heavy atom.